The van der Waals surface area contributed by atoms with Crippen LogP contribution in [0.25, 0.3) is 22.2 Å². The minimum atomic E-state index is -0.885. The zero-order valence-electron chi connectivity index (χ0n) is 17.9. The topological polar surface area (TPSA) is 138 Å². The van der Waals surface area contributed by atoms with Crippen LogP contribution in [0, 0.1) is 5.82 Å². The van der Waals surface area contributed by atoms with E-state index < -0.39 is 6.23 Å². The van der Waals surface area contributed by atoms with E-state index in [2.05, 4.69) is 36.0 Å². The molecule has 4 aromatic rings. The number of halogens is 1. The molecule has 33 heavy (non-hydrogen) atoms. The van der Waals surface area contributed by atoms with Crippen LogP contribution in [0.2, 0.25) is 0 Å². The minimum Gasteiger partial charge on any atom is -0.372 e. The van der Waals surface area contributed by atoms with Gasteiger partial charge in [-0.2, -0.15) is 5.10 Å². The molecule has 1 aliphatic carbocycles. The predicted octanol–water partition coefficient (Wildman–Crippen LogP) is 2.78. The average molecular weight is 449 g/mol. The molecule has 1 unspecified atom stereocenters. The number of nitrogens with two attached hydrogens (primary N) is 1. The monoisotopic (exact) mass is 448 g/mol. The zero-order valence-corrected chi connectivity index (χ0v) is 17.9. The van der Waals surface area contributed by atoms with Crippen molar-refractivity contribution in [2.45, 2.75) is 30.9 Å². The van der Waals surface area contributed by atoms with E-state index >= 15 is 0 Å². The molecule has 0 saturated heterocycles. The van der Waals surface area contributed by atoms with Gasteiger partial charge in [-0.25, -0.2) is 4.39 Å². The van der Waals surface area contributed by atoms with Crippen LogP contribution in [0.4, 0.5) is 16.0 Å². The lowest BCUT2D eigenvalue weighted by Gasteiger charge is -2.41. The first kappa shape index (κ1) is 21.2. The molecule has 10 heteroatoms. The highest BCUT2D eigenvalue weighted by Gasteiger charge is 2.41. The van der Waals surface area contributed by atoms with E-state index in [1.54, 1.807) is 12.3 Å². The summed E-state index contributed by atoms with van der Waals surface area (Å²) in [6.07, 6.45) is 3.59. The summed E-state index contributed by atoms with van der Waals surface area (Å²) >= 11 is 0. The maximum absolute atomic E-state index is 14.3. The molecule has 0 radical (unpaired) electrons. The molecule has 0 aliphatic heterocycles. The number of aromatic nitrogens is 5. The lowest BCUT2D eigenvalue weighted by molar-refractivity contribution is 0.211. The van der Waals surface area contributed by atoms with E-state index in [-0.39, 0.29) is 17.8 Å². The lowest BCUT2D eigenvalue weighted by atomic mass is 9.66. The van der Waals surface area contributed by atoms with E-state index in [1.807, 2.05) is 30.3 Å². The third-order valence-electron chi connectivity index (χ3n) is 6.23. The third kappa shape index (κ3) is 4.10. The number of benzene rings is 1. The van der Waals surface area contributed by atoms with Gasteiger partial charge in [-0.15, -0.1) is 10.2 Å². The summed E-state index contributed by atoms with van der Waals surface area (Å²) in [7, 11) is 0. The highest BCUT2D eigenvalue weighted by molar-refractivity contribution is 5.92. The van der Waals surface area contributed by atoms with Gasteiger partial charge in [0.15, 0.2) is 5.82 Å². The fourth-order valence-corrected chi connectivity index (χ4v) is 4.22. The van der Waals surface area contributed by atoms with Crippen molar-refractivity contribution in [3.63, 3.8) is 0 Å². The van der Waals surface area contributed by atoms with Gasteiger partial charge in [0.05, 0.1) is 16.9 Å². The van der Waals surface area contributed by atoms with Crippen molar-refractivity contribution in [2.75, 3.05) is 23.7 Å². The van der Waals surface area contributed by atoms with Gasteiger partial charge in [0, 0.05) is 35.7 Å². The Morgan fingerprint density at radius 2 is 2.06 bits per heavy atom. The summed E-state index contributed by atoms with van der Waals surface area (Å²) in [4.78, 5) is 4.30. The number of fused-ring (bicyclic) bond motifs is 1. The quantitative estimate of drug-likeness (QED) is 0.260. The van der Waals surface area contributed by atoms with Crippen LogP contribution in [-0.4, -0.2) is 49.8 Å². The molecule has 1 atom stereocenters. The van der Waals surface area contributed by atoms with Gasteiger partial charge in [0.2, 0.25) is 0 Å². The Balaban J connectivity index is 1.32. The Morgan fingerprint density at radius 3 is 2.76 bits per heavy atom. The smallest absolute Gasteiger partial charge is 0.157 e. The molecule has 1 fully saturated rings. The first-order chi connectivity index (χ1) is 16.1. The van der Waals surface area contributed by atoms with Gasteiger partial charge in [-0.3, -0.25) is 10.1 Å². The Kier molecular flexibility index (Phi) is 5.61. The highest BCUT2D eigenvalue weighted by Crippen LogP contribution is 2.43. The van der Waals surface area contributed by atoms with Crippen molar-refractivity contribution in [1.29, 1.82) is 0 Å². The Bertz CT molecular complexity index is 1260. The summed E-state index contributed by atoms with van der Waals surface area (Å²) in [6.45, 7) is 0.622. The standard InChI is InChI=1S/C23H25FN8O/c24-16-3-1-10-26-21(16)23(8-2-9-23)13-27-19-7-6-17(29-31-19)14-4-5-18-15(11-14)22(32-30-18)28-20(33)12-25/h1,3-7,10-11,20,33H,2,8-9,12-13,25H2,(H,27,31)(H2,28,30,32). The van der Waals surface area contributed by atoms with E-state index in [0.717, 1.165) is 35.7 Å². The Morgan fingerprint density at radius 1 is 1.18 bits per heavy atom. The van der Waals surface area contributed by atoms with Gasteiger partial charge in [0.1, 0.15) is 17.9 Å². The van der Waals surface area contributed by atoms with Crippen LogP contribution in [0.1, 0.15) is 25.0 Å². The van der Waals surface area contributed by atoms with Crippen LogP contribution >= 0.6 is 0 Å². The lowest BCUT2D eigenvalue weighted by Crippen LogP contribution is -2.42. The molecule has 3 aromatic heterocycles. The van der Waals surface area contributed by atoms with E-state index in [1.165, 1.54) is 6.07 Å². The SMILES string of the molecule is NCC(O)Nc1n[nH]c2ccc(-c3ccc(NCC4(c5ncccc5F)CCC4)nn3)cc12. The first-order valence-corrected chi connectivity index (χ1v) is 10.9. The second-order valence-electron chi connectivity index (χ2n) is 8.35. The molecule has 1 aromatic carbocycles. The van der Waals surface area contributed by atoms with Crippen molar-refractivity contribution >= 4 is 22.5 Å². The number of nitrogens with zero attached hydrogens (tertiary/aromatic N) is 4. The Labute approximate surface area is 189 Å². The van der Waals surface area contributed by atoms with Crippen molar-refractivity contribution in [2.24, 2.45) is 5.73 Å². The molecular weight excluding hydrogens is 423 g/mol. The van der Waals surface area contributed by atoms with Crippen LogP contribution in [0.15, 0.2) is 48.7 Å². The van der Waals surface area contributed by atoms with Gasteiger partial charge >= 0.3 is 0 Å². The highest BCUT2D eigenvalue weighted by atomic mass is 19.1. The number of nitrogens with one attached hydrogen (secondary N) is 3. The number of aliphatic hydroxyl groups is 1. The molecule has 1 saturated carbocycles. The molecule has 9 nitrogen and oxygen atoms in total. The van der Waals surface area contributed by atoms with E-state index in [4.69, 9.17) is 5.73 Å². The molecule has 6 N–H and O–H groups in total. The summed E-state index contributed by atoms with van der Waals surface area (Å²) < 4.78 is 14.3. The normalized spacial score (nSPS) is 15.7. The number of aromatic amines is 1. The van der Waals surface area contributed by atoms with Crippen LogP contribution in [-0.2, 0) is 5.41 Å². The van der Waals surface area contributed by atoms with Gasteiger partial charge < -0.3 is 21.5 Å². The van der Waals surface area contributed by atoms with Crippen LogP contribution in [0.5, 0.6) is 0 Å². The van der Waals surface area contributed by atoms with Crippen molar-refractivity contribution in [3.8, 4) is 11.3 Å². The fourth-order valence-electron chi connectivity index (χ4n) is 4.22. The maximum atomic E-state index is 14.3. The minimum absolute atomic E-state index is 0.0717. The van der Waals surface area contributed by atoms with Crippen molar-refractivity contribution in [3.05, 3.63) is 60.2 Å². The Hall–Kier alpha value is -3.63. The van der Waals surface area contributed by atoms with Crippen molar-refractivity contribution < 1.29 is 9.50 Å². The molecular formula is C23H25FN8O. The summed E-state index contributed by atoms with van der Waals surface area (Å²) in [5.41, 5.74) is 8.07. The summed E-state index contributed by atoms with van der Waals surface area (Å²) in [6, 6.07) is 12.6. The number of rotatable bonds is 8. The number of H-pyrrole nitrogens is 1. The number of hydrogen-bond acceptors (Lipinski definition) is 8. The molecule has 3 heterocycles. The number of anilines is 2. The second kappa shape index (κ2) is 8.72. The van der Waals surface area contributed by atoms with Crippen LogP contribution < -0.4 is 16.4 Å². The van der Waals surface area contributed by atoms with Gasteiger partial charge in [0.25, 0.3) is 0 Å². The van der Waals surface area contributed by atoms with Crippen LogP contribution in [0.3, 0.4) is 0 Å². The summed E-state index contributed by atoms with van der Waals surface area (Å²) in [5, 5.41) is 32.6. The third-order valence-corrected chi connectivity index (χ3v) is 6.23. The molecule has 0 bridgehead atoms. The average Bonchev–Trinajstić information content (AvgIpc) is 3.21. The van der Waals surface area contributed by atoms with Gasteiger partial charge in [-0.05, 0) is 49.2 Å². The number of pyridine rings is 1. The summed E-state index contributed by atoms with van der Waals surface area (Å²) in [5.74, 6) is 0.880. The predicted molar refractivity (Wildman–Crippen MR) is 124 cm³/mol. The zero-order chi connectivity index (χ0) is 22.8. The molecule has 5 rings (SSSR count). The van der Waals surface area contributed by atoms with Crippen molar-refractivity contribution in [1.82, 2.24) is 25.4 Å². The maximum Gasteiger partial charge on any atom is 0.157 e. The molecule has 1 aliphatic rings. The largest absolute Gasteiger partial charge is 0.372 e. The second-order valence-corrected chi connectivity index (χ2v) is 8.35. The fraction of sp³-hybridized carbons (Fsp3) is 0.304. The van der Waals surface area contributed by atoms with E-state index in [0.29, 0.717) is 29.6 Å². The molecule has 170 valence electrons. The van der Waals surface area contributed by atoms with E-state index in [9.17, 15) is 9.50 Å². The molecule has 0 spiro atoms. The first-order valence-electron chi connectivity index (χ1n) is 10.9. The van der Waals surface area contributed by atoms with Gasteiger partial charge in [-0.1, -0.05) is 12.5 Å². The molecule has 0 amide bonds. The number of aliphatic hydroxyl groups excluding tert-OH is 1. The number of hydrogen-bond donors (Lipinski definition) is 5.